The van der Waals surface area contributed by atoms with Gasteiger partial charge in [0.1, 0.15) is 0 Å². The summed E-state index contributed by atoms with van der Waals surface area (Å²) in [6, 6.07) is 0. The molecular formula is C8H15NO4. The van der Waals surface area contributed by atoms with Crippen molar-refractivity contribution in [3.8, 4) is 0 Å². The topological polar surface area (TPSA) is 64.6 Å². The van der Waals surface area contributed by atoms with Gasteiger partial charge in [0.2, 0.25) is 0 Å². The summed E-state index contributed by atoms with van der Waals surface area (Å²) in [6.07, 6.45) is -0.451. The van der Waals surface area contributed by atoms with Crippen molar-refractivity contribution in [1.82, 2.24) is 5.32 Å². The second kappa shape index (κ2) is 4.69. The normalized spacial score (nSPS) is 10.5. The third kappa shape index (κ3) is 5.05. The molecule has 0 saturated carbocycles. The van der Waals surface area contributed by atoms with Crippen LogP contribution in [0.15, 0.2) is 0 Å². The van der Waals surface area contributed by atoms with Crippen LogP contribution in [-0.4, -0.2) is 31.8 Å². The lowest BCUT2D eigenvalue weighted by Crippen LogP contribution is -2.45. The number of amides is 1. The molecule has 0 aliphatic heterocycles. The summed E-state index contributed by atoms with van der Waals surface area (Å²) in [5.74, 6) is -0.374. The highest BCUT2D eigenvalue weighted by atomic mass is 16.5. The molecule has 0 rings (SSSR count). The number of alkyl carbamates (subject to hydrolysis) is 1. The Balaban J connectivity index is 4.07. The minimum Gasteiger partial charge on any atom is -0.469 e. The average Bonchev–Trinajstić information content (AvgIpc) is 2.02. The molecule has 13 heavy (non-hydrogen) atoms. The number of carbonyl (C=O) groups excluding carboxylic acids is 2. The van der Waals surface area contributed by atoms with E-state index in [1.807, 2.05) is 0 Å². The van der Waals surface area contributed by atoms with E-state index in [0.717, 1.165) is 0 Å². The van der Waals surface area contributed by atoms with Crippen LogP contribution in [0.25, 0.3) is 0 Å². The molecule has 0 aromatic heterocycles. The molecule has 0 aliphatic carbocycles. The second-order valence-corrected chi connectivity index (χ2v) is 3.25. The van der Waals surface area contributed by atoms with Gasteiger partial charge in [-0.3, -0.25) is 4.79 Å². The van der Waals surface area contributed by atoms with E-state index in [0.29, 0.717) is 0 Å². The molecule has 0 radical (unpaired) electrons. The fourth-order valence-corrected chi connectivity index (χ4v) is 0.805. The van der Waals surface area contributed by atoms with Crippen LogP contribution in [0.3, 0.4) is 0 Å². The Labute approximate surface area is 77.4 Å². The summed E-state index contributed by atoms with van der Waals surface area (Å²) in [7, 11) is 2.57. The van der Waals surface area contributed by atoms with E-state index < -0.39 is 11.6 Å². The zero-order valence-electron chi connectivity index (χ0n) is 8.34. The van der Waals surface area contributed by atoms with Gasteiger partial charge < -0.3 is 14.8 Å². The van der Waals surface area contributed by atoms with Crippen LogP contribution in [0.1, 0.15) is 20.3 Å². The Morgan fingerprint density at radius 2 is 1.77 bits per heavy atom. The lowest BCUT2D eigenvalue weighted by atomic mass is 10.0. The van der Waals surface area contributed by atoms with Gasteiger partial charge in [0.05, 0.1) is 20.6 Å². The van der Waals surface area contributed by atoms with Crippen LogP contribution in [0.2, 0.25) is 0 Å². The van der Waals surface area contributed by atoms with Gasteiger partial charge in [-0.1, -0.05) is 0 Å². The molecule has 0 bridgehead atoms. The third-order valence-electron chi connectivity index (χ3n) is 1.44. The predicted octanol–water partition coefficient (Wildman–Crippen LogP) is 0.684. The standard InChI is InChI=1S/C8H15NO4/c1-8(2,5-6(10)12-3)9-7(11)13-4/h5H2,1-4H3,(H,9,11). The number of hydrogen-bond acceptors (Lipinski definition) is 4. The number of carbonyl (C=O) groups is 2. The van der Waals surface area contributed by atoms with Crippen LogP contribution < -0.4 is 5.32 Å². The van der Waals surface area contributed by atoms with Gasteiger partial charge in [0.25, 0.3) is 0 Å². The van der Waals surface area contributed by atoms with Gasteiger partial charge in [-0.25, -0.2) is 4.79 Å². The maximum atomic E-state index is 10.9. The monoisotopic (exact) mass is 189 g/mol. The summed E-state index contributed by atoms with van der Waals surface area (Å²) in [5, 5.41) is 2.51. The van der Waals surface area contributed by atoms with Crippen molar-refractivity contribution in [2.24, 2.45) is 0 Å². The number of methoxy groups -OCH3 is 2. The largest absolute Gasteiger partial charge is 0.469 e. The maximum Gasteiger partial charge on any atom is 0.407 e. The molecule has 0 unspecified atom stereocenters. The highest BCUT2D eigenvalue weighted by Crippen LogP contribution is 2.09. The Bertz CT molecular complexity index is 180. The Morgan fingerprint density at radius 1 is 1.23 bits per heavy atom. The summed E-state index contributed by atoms with van der Waals surface area (Å²) < 4.78 is 8.87. The summed E-state index contributed by atoms with van der Waals surface area (Å²) >= 11 is 0. The SMILES string of the molecule is COC(=O)CC(C)(C)NC(=O)OC. The van der Waals surface area contributed by atoms with E-state index in [2.05, 4.69) is 14.8 Å². The van der Waals surface area contributed by atoms with Crippen LogP contribution >= 0.6 is 0 Å². The molecule has 0 atom stereocenters. The van der Waals surface area contributed by atoms with Crippen molar-refractivity contribution < 1.29 is 19.1 Å². The zero-order valence-corrected chi connectivity index (χ0v) is 8.34. The van der Waals surface area contributed by atoms with Crippen molar-refractivity contribution >= 4 is 12.1 Å². The van der Waals surface area contributed by atoms with E-state index in [1.165, 1.54) is 14.2 Å². The highest BCUT2D eigenvalue weighted by Gasteiger charge is 2.24. The Kier molecular flexibility index (Phi) is 4.23. The van der Waals surface area contributed by atoms with E-state index >= 15 is 0 Å². The third-order valence-corrected chi connectivity index (χ3v) is 1.44. The summed E-state index contributed by atoms with van der Waals surface area (Å²) in [6.45, 7) is 3.42. The van der Waals surface area contributed by atoms with Crippen LogP contribution in [0.5, 0.6) is 0 Å². The second-order valence-electron chi connectivity index (χ2n) is 3.25. The highest BCUT2D eigenvalue weighted by molar-refractivity contribution is 5.73. The number of hydrogen-bond donors (Lipinski definition) is 1. The molecule has 0 spiro atoms. The Hall–Kier alpha value is -1.26. The molecule has 76 valence electrons. The van der Waals surface area contributed by atoms with Crippen LogP contribution in [0.4, 0.5) is 4.79 Å². The van der Waals surface area contributed by atoms with E-state index in [1.54, 1.807) is 13.8 Å². The fraction of sp³-hybridized carbons (Fsp3) is 0.750. The van der Waals surface area contributed by atoms with Gasteiger partial charge in [-0.2, -0.15) is 0 Å². The molecule has 5 heteroatoms. The summed E-state index contributed by atoms with van der Waals surface area (Å²) in [4.78, 5) is 21.7. The van der Waals surface area contributed by atoms with Gasteiger partial charge in [0.15, 0.2) is 0 Å². The molecule has 5 nitrogen and oxygen atoms in total. The molecule has 0 heterocycles. The molecular weight excluding hydrogens is 174 g/mol. The maximum absolute atomic E-state index is 10.9. The van der Waals surface area contributed by atoms with Crippen molar-refractivity contribution in [2.75, 3.05) is 14.2 Å². The van der Waals surface area contributed by atoms with Gasteiger partial charge in [0, 0.05) is 5.54 Å². The molecule has 0 aromatic carbocycles. The fourth-order valence-electron chi connectivity index (χ4n) is 0.805. The smallest absolute Gasteiger partial charge is 0.407 e. The molecule has 0 aromatic rings. The summed E-state index contributed by atoms with van der Waals surface area (Å²) in [5.41, 5.74) is -0.653. The van der Waals surface area contributed by atoms with Crippen molar-refractivity contribution in [2.45, 2.75) is 25.8 Å². The molecule has 1 N–H and O–H groups in total. The van der Waals surface area contributed by atoms with Crippen LogP contribution in [-0.2, 0) is 14.3 Å². The first-order valence-electron chi connectivity index (χ1n) is 3.84. The number of esters is 1. The molecule has 0 saturated heterocycles. The molecule has 0 fully saturated rings. The van der Waals surface area contributed by atoms with Gasteiger partial charge in [-0.15, -0.1) is 0 Å². The number of ether oxygens (including phenoxy) is 2. The van der Waals surface area contributed by atoms with E-state index in [9.17, 15) is 9.59 Å². The van der Waals surface area contributed by atoms with Crippen molar-refractivity contribution in [3.63, 3.8) is 0 Å². The van der Waals surface area contributed by atoms with Gasteiger partial charge >= 0.3 is 12.1 Å². The van der Waals surface area contributed by atoms with Crippen molar-refractivity contribution in [3.05, 3.63) is 0 Å². The first kappa shape index (κ1) is 11.7. The minimum absolute atomic E-state index is 0.110. The van der Waals surface area contributed by atoms with E-state index in [-0.39, 0.29) is 12.4 Å². The van der Waals surface area contributed by atoms with Crippen LogP contribution in [0, 0.1) is 0 Å². The first-order chi connectivity index (χ1) is 5.91. The predicted molar refractivity (Wildman–Crippen MR) is 46.3 cm³/mol. The van der Waals surface area contributed by atoms with E-state index in [4.69, 9.17) is 0 Å². The lowest BCUT2D eigenvalue weighted by molar-refractivity contribution is -0.141. The Morgan fingerprint density at radius 3 is 2.15 bits per heavy atom. The van der Waals surface area contributed by atoms with Crippen molar-refractivity contribution in [1.29, 1.82) is 0 Å². The zero-order chi connectivity index (χ0) is 10.5. The lowest BCUT2D eigenvalue weighted by Gasteiger charge is -2.23. The minimum atomic E-state index is -0.653. The average molecular weight is 189 g/mol. The molecule has 0 aliphatic rings. The number of nitrogens with one attached hydrogen (secondary N) is 1. The first-order valence-corrected chi connectivity index (χ1v) is 3.84. The quantitative estimate of drug-likeness (QED) is 0.663. The van der Waals surface area contributed by atoms with Gasteiger partial charge in [-0.05, 0) is 13.8 Å². The molecule has 1 amide bonds. The number of rotatable bonds is 3.